The number of benzene rings is 1. The summed E-state index contributed by atoms with van der Waals surface area (Å²) in [6, 6.07) is 2.08. The van der Waals surface area contributed by atoms with Crippen molar-refractivity contribution in [2.75, 3.05) is 27.3 Å². The lowest BCUT2D eigenvalue weighted by atomic mass is 10.3. The van der Waals surface area contributed by atoms with E-state index in [1.165, 1.54) is 14.2 Å². The summed E-state index contributed by atoms with van der Waals surface area (Å²) in [7, 11) is -1.24. The Hall–Kier alpha value is -1.09. The number of hydrogen-bond donors (Lipinski definition) is 2. The van der Waals surface area contributed by atoms with Crippen LogP contribution in [-0.2, 0) is 10.0 Å². The van der Waals surface area contributed by atoms with Crippen molar-refractivity contribution in [1.82, 2.24) is 4.72 Å². The molecular formula is C12H20ClFN2O4S. The van der Waals surface area contributed by atoms with E-state index in [0.29, 0.717) is 19.4 Å². The molecule has 0 aliphatic carbocycles. The lowest BCUT2D eigenvalue weighted by molar-refractivity contribution is 0.350. The SMILES string of the molecule is COc1cc(F)c(S(=O)(=O)NCCCCN)cc1OC.Cl. The first-order valence-electron chi connectivity index (χ1n) is 6.07. The molecule has 122 valence electrons. The molecule has 1 rings (SSSR count). The molecule has 1 aromatic carbocycles. The van der Waals surface area contributed by atoms with Gasteiger partial charge in [0.05, 0.1) is 14.2 Å². The molecule has 0 aliphatic heterocycles. The highest BCUT2D eigenvalue weighted by molar-refractivity contribution is 7.89. The Kier molecular flexibility index (Phi) is 8.57. The van der Waals surface area contributed by atoms with Crippen molar-refractivity contribution in [2.45, 2.75) is 17.7 Å². The zero-order valence-corrected chi connectivity index (χ0v) is 13.5. The predicted octanol–water partition coefficient (Wildman–Crippen LogP) is 1.28. The van der Waals surface area contributed by atoms with Gasteiger partial charge in [0.1, 0.15) is 10.7 Å². The zero-order chi connectivity index (χ0) is 15.2. The van der Waals surface area contributed by atoms with Gasteiger partial charge in [-0.25, -0.2) is 17.5 Å². The number of halogens is 2. The van der Waals surface area contributed by atoms with Gasteiger partial charge in [-0.15, -0.1) is 12.4 Å². The second kappa shape index (κ2) is 9.04. The lowest BCUT2D eigenvalue weighted by Gasteiger charge is -2.12. The van der Waals surface area contributed by atoms with Gasteiger partial charge in [-0.2, -0.15) is 0 Å². The largest absolute Gasteiger partial charge is 0.493 e. The number of sulfonamides is 1. The summed E-state index contributed by atoms with van der Waals surface area (Å²) in [5.74, 6) is -0.614. The van der Waals surface area contributed by atoms with Crippen molar-refractivity contribution in [2.24, 2.45) is 5.73 Å². The van der Waals surface area contributed by atoms with Gasteiger partial charge in [-0.3, -0.25) is 0 Å². The van der Waals surface area contributed by atoms with Crippen molar-refractivity contribution in [3.63, 3.8) is 0 Å². The van der Waals surface area contributed by atoms with Crippen LogP contribution < -0.4 is 19.9 Å². The first kappa shape index (κ1) is 19.9. The summed E-state index contributed by atoms with van der Waals surface area (Å²) >= 11 is 0. The van der Waals surface area contributed by atoms with Crippen LogP contribution in [0.4, 0.5) is 4.39 Å². The molecule has 0 atom stereocenters. The fourth-order valence-corrected chi connectivity index (χ4v) is 2.74. The Morgan fingerprint density at radius 1 is 1.19 bits per heavy atom. The maximum Gasteiger partial charge on any atom is 0.243 e. The standard InChI is InChI=1S/C12H19FN2O4S.ClH/c1-18-10-7-9(13)12(8-11(10)19-2)20(16,17)15-6-4-3-5-14;/h7-8,15H,3-6,14H2,1-2H3;1H. The van der Waals surface area contributed by atoms with Crippen LogP contribution in [0.2, 0.25) is 0 Å². The van der Waals surface area contributed by atoms with E-state index in [2.05, 4.69) is 4.72 Å². The Balaban J connectivity index is 0.00000400. The number of methoxy groups -OCH3 is 2. The number of hydrogen-bond acceptors (Lipinski definition) is 5. The van der Waals surface area contributed by atoms with E-state index in [-0.39, 0.29) is 30.5 Å². The van der Waals surface area contributed by atoms with Gasteiger partial charge >= 0.3 is 0 Å². The molecule has 0 amide bonds. The van der Waals surface area contributed by atoms with Crippen LogP contribution in [-0.4, -0.2) is 35.7 Å². The molecule has 21 heavy (non-hydrogen) atoms. The molecule has 9 heteroatoms. The fourth-order valence-electron chi connectivity index (χ4n) is 1.60. The molecule has 0 saturated carbocycles. The summed E-state index contributed by atoms with van der Waals surface area (Å²) in [5.41, 5.74) is 5.32. The molecule has 0 aromatic heterocycles. The Bertz CT molecular complexity index is 554. The minimum Gasteiger partial charge on any atom is -0.493 e. The van der Waals surface area contributed by atoms with Crippen molar-refractivity contribution in [1.29, 1.82) is 0 Å². The van der Waals surface area contributed by atoms with Crippen LogP contribution in [0.3, 0.4) is 0 Å². The summed E-state index contributed by atoms with van der Waals surface area (Å²) in [5, 5.41) is 0. The number of unbranched alkanes of at least 4 members (excludes halogenated alkanes) is 1. The smallest absolute Gasteiger partial charge is 0.243 e. The second-order valence-electron chi connectivity index (χ2n) is 4.03. The monoisotopic (exact) mass is 342 g/mol. The van der Waals surface area contributed by atoms with Crippen LogP contribution >= 0.6 is 12.4 Å². The number of rotatable bonds is 8. The van der Waals surface area contributed by atoms with E-state index in [1.807, 2.05) is 0 Å². The number of ether oxygens (including phenoxy) is 2. The van der Waals surface area contributed by atoms with Crippen molar-refractivity contribution in [3.05, 3.63) is 17.9 Å². The van der Waals surface area contributed by atoms with E-state index in [9.17, 15) is 12.8 Å². The number of nitrogens with one attached hydrogen (secondary N) is 1. The molecule has 0 fully saturated rings. The van der Waals surface area contributed by atoms with E-state index in [0.717, 1.165) is 12.1 Å². The number of nitrogens with two attached hydrogens (primary N) is 1. The maximum absolute atomic E-state index is 13.8. The van der Waals surface area contributed by atoms with Crippen LogP contribution in [0, 0.1) is 5.82 Å². The van der Waals surface area contributed by atoms with Crippen LogP contribution in [0.1, 0.15) is 12.8 Å². The van der Waals surface area contributed by atoms with E-state index < -0.39 is 20.7 Å². The van der Waals surface area contributed by atoms with Gasteiger partial charge in [-0.05, 0) is 19.4 Å². The predicted molar refractivity (Wildman–Crippen MR) is 80.2 cm³/mol. The first-order chi connectivity index (χ1) is 9.46. The molecule has 0 aliphatic rings. The van der Waals surface area contributed by atoms with E-state index >= 15 is 0 Å². The molecule has 0 bridgehead atoms. The van der Waals surface area contributed by atoms with Crippen molar-refractivity contribution >= 4 is 22.4 Å². The van der Waals surface area contributed by atoms with E-state index in [4.69, 9.17) is 15.2 Å². The van der Waals surface area contributed by atoms with Gasteiger partial charge in [0.15, 0.2) is 11.5 Å². The third kappa shape index (κ3) is 5.31. The van der Waals surface area contributed by atoms with Gasteiger partial charge in [0.25, 0.3) is 0 Å². The highest BCUT2D eigenvalue weighted by Crippen LogP contribution is 2.31. The Morgan fingerprint density at radius 2 is 1.76 bits per heavy atom. The molecule has 0 spiro atoms. The van der Waals surface area contributed by atoms with Gasteiger partial charge in [0.2, 0.25) is 10.0 Å². The van der Waals surface area contributed by atoms with Crippen LogP contribution in [0.15, 0.2) is 17.0 Å². The molecule has 0 saturated heterocycles. The normalized spacial score (nSPS) is 10.9. The highest BCUT2D eigenvalue weighted by Gasteiger charge is 2.22. The average Bonchev–Trinajstić information content (AvgIpc) is 2.43. The summed E-state index contributed by atoms with van der Waals surface area (Å²) in [4.78, 5) is -0.470. The molecule has 6 nitrogen and oxygen atoms in total. The van der Waals surface area contributed by atoms with Gasteiger partial charge < -0.3 is 15.2 Å². The summed E-state index contributed by atoms with van der Waals surface area (Å²) in [6.07, 6.45) is 1.28. The quantitative estimate of drug-likeness (QED) is 0.694. The maximum atomic E-state index is 13.8. The van der Waals surface area contributed by atoms with Gasteiger partial charge in [-0.1, -0.05) is 0 Å². The van der Waals surface area contributed by atoms with E-state index in [1.54, 1.807) is 0 Å². The Labute approximate surface area is 130 Å². The molecule has 0 unspecified atom stereocenters. The molecular weight excluding hydrogens is 323 g/mol. The minimum atomic E-state index is -3.93. The van der Waals surface area contributed by atoms with Gasteiger partial charge in [0, 0.05) is 18.7 Å². The topological polar surface area (TPSA) is 90.7 Å². The molecule has 3 N–H and O–H groups in total. The second-order valence-corrected chi connectivity index (χ2v) is 5.77. The van der Waals surface area contributed by atoms with Crippen LogP contribution in [0.25, 0.3) is 0 Å². The third-order valence-electron chi connectivity index (χ3n) is 2.65. The summed E-state index contributed by atoms with van der Waals surface area (Å²) < 4.78 is 50.1. The average molecular weight is 343 g/mol. The highest BCUT2D eigenvalue weighted by atomic mass is 35.5. The molecule has 0 radical (unpaired) electrons. The fraction of sp³-hybridized carbons (Fsp3) is 0.500. The first-order valence-corrected chi connectivity index (χ1v) is 7.55. The van der Waals surface area contributed by atoms with Crippen LogP contribution in [0.5, 0.6) is 11.5 Å². The summed E-state index contributed by atoms with van der Waals surface area (Å²) in [6.45, 7) is 0.680. The zero-order valence-electron chi connectivity index (χ0n) is 11.9. The Morgan fingerprint density at radius 3 is 2.29 bits per heavy atom. The third-order valence-corrected chi connectivity index (χ3v) is 4.13. The lowest BCUT2D eigenvalue weighted by Crippen LogP contribution is -2.26. The molecule has 0 heterocycles. The molecule has 1 aromatic rings. The van der Waals surface area contributed by atoms with Crippen molar-refractivity contribution in [3.8, 4) is 11.5 Å². The minimum absolute atomic E-state index is 0. The van der Waals surface area contributed by atoms with Crippen molar-refractivity contribution < 1.29 is 22.3 Å².